The van der Waals surface area contributed by atoms with E-state index in [0.717, 1.165) is 0 Å². The van der Waals surface area contributed by atoms with Gasteiger partial charge in [0.15, 0.2) is 5.03 Å². The largest absolute Gasteiger partial charge is 0.493 e. The SMILES string of the molecule is CC(C)(C)COc1cccc(-c2ccc3nc2-c2ccccc2C(F)(F)CCCCCN(CC(O)CO)c2cccc(n2)S(=O)(=O)N3)c1. The van der Waals surface area contributed by atoms with Crippen molar-refractivity contribution in [3.05, 3.63) is 84.4 Å². The molecule has 4 aromatic rings. The van der Waals surface area contributed by atoms with Gasteiger partial charge in [-0.3, -0.25) is 4.72 Å². The third-order valence-corrected chi connectivity index (χ3v) is 9.15. The summed E-state index contributed by atoms with van der Waals surface area (Å²) in [7, 11) is -4.28. The van der Waals surface area contributed by atoms with Crippen LogP contribution in [-0.2, 0) is 15.9 Å². The van der Waals surface area contributed by atoms with Crippen LogP contribution in [-0.4, -0.2) is 61.0 Å². The maximum atomic E-state index is 16.1. The smallest absolute Gasteiger partial charge is 0.280 e. The van der Waals surface area contributed by atoms with Gasteiger partial charge < -0.3 is 19.8 Å². The molecule has 5 rings (SSSR count). The molecule has 4 bridgehead atoms. The monoisotopic (exact) mass is 680 g/mol. The number of aliphatic hydroxyl groups excluding tert-OH is 2. The van der Waals surface area contributed by atoms with Crippen molar-refractivity contribution in [3.8, 4) is 28.1 Å². The van der Waals surface area contributed by atoms with E-state index >= 15 is 8.78 Å². The molecule has 0 fully saturated rings. The van der Waals surface area contributed by atoms with Gasteiger partial charge >= 0.3 is 0 Å². The van der Waals surface area contributed by atoms with E-state index in [1.165, 1.54) is 24.3 Å². The second kappa shape index (κ2) is 14.6. The van der Waals surface area contributed by atoms with Crippen LogP contribution in [0.3, 0.4) is 0 Å². The molecule has 0 saturated heterocycles. The fraction of sp³-hybridized carbons (Fsp3) is 0.389. The normalized spacial score (nSPS) is 17.0. The van der Waals surface area contributed by atoms with Crippen molar-refractivity contribution >= 4 is 21.7 Å². The summed E-state index contributed by atoms with van der Waals surface area (Å²) >= 11 is 0. The van der Waals surface area contributed by atoms with Crippen molar-refractivity contribution < 1.29 is 32.1 Å². The van der Waals surface area contributed by atoms with Gasteiger partial charge in [0.1, 0.15) is 17.4 Å². The van der Waals surface area contributed by atoms with Gasteiger partial charge in [-0.15, -0.1) is 0 Å². The second-order valence-electron chi connectivity index (χ2n) is 13.3. The number of rotatable bonds is 6. The first-order valence-corrected chi connectivity index (χ1v) is 17.5. The second-order valence-corrected chi connectivity index (χ2v) is 14.9. The number of ether oxygens (including phenoxy) is 1. The van der Waals surface area contributed by atoms with Crippen molar-refractivity contribution in [2.45, 2.75) is 63.5 Å². The first-order chi connectivity index (χ1) is 22.8. The Morgan fingerprint density at radius 3 is 2.50 bits per heavy atom. The Hall–Kier alpha value is -4.13. The van der Waals surface area contributed by atoms with E-state index in [2.05, 4.69) is 35.5 Å². The lowest BCUT2D eigenvalue weighted by Crippen LogP contribution is -2.36. The molecule has 1 aliphatic rings. The van der Waals surface area contributed by atoms with Crippen molar-refractivity contribution in [2.24, 2.45) is 5.41 Å². The van der Waals surface area contributed by atoms with E-state index < -0.39 is 35.1 Å². The Labute approximate surface area is 280 Å². The van der Waals surface area contributed by atoms with Crippen LogP contribution in [0.1, 0.15) is 52.0 Å². The molecule has 1 unspecified atom stereocenters. The molecule has 1 atom stereocenters. The number of hydrogen-bond donors (Lipinski definition) is 3. The summed E-state index contributed by atoms with van der Waals surface area (Å²) in [6.45, 7) is 6.44. The molecule has 12 heteroatoms. The molecule has 48 heavy (non-hydrogen) atoms. The number of nitrogens with one attached hydrogen (secondary N) is 1. The van der Waals surface area contributed by atoms with Gasteiger partial charge in [-0.2, -0.15) is 8.42 Å². The quantitative estimate of drug-likeness (QED) is 0.202. The third kappa shape index (κ3) is 8.66. The zero-order valence-corrected chi connectivity index (χ0v) is 28.2. The number of anilines is 2. The van der Waals surface area contributed by atoms with Crippen LogP contribution in [0, 0.1) is 5.41 Å². The van der Waals surface area contributed by atoms with E-state index in [1.807, 2.05) is 24.3 Å². The third-order valence-electron chi connectivity index (χ3n) is 7.90. The van der Waals surface area contributed by atoms with Crippen LogP contribution >= 0.6 is 0 Å². The topological polar surface area (TPSA) is 125 Å². The molecular weight excluding hydrogens is 638 g/mol. The van der Waals surface area contributed by atoms with Gasteiger partial charge in [-0.05, 0) is 60.2 Å². The zero-order valence-electron chi connectivity index (χ0n) is 27.4. The number of sulfonamides is 1. The van der Waals surface area contributed by atoms with Gasteiger partial charge in [0, 0.05) is 36.2 Å². The number of halogens is 2. The molecule has 0 radical (unpaired) electrons. The summed E-state index contributed by atoms with van der Waals surface area (Å²) in [5.41, 5.74) is 1.28. The number of benzene rings is 2. The Morgan fingerprint density at radius 1 is 0.958 bits per heavy atom. The van der Waals surface area contributed by atoms with E-state index in [4.69, 9.17) is 4.74 Å². The summed E-state index contributed by atoms with van der Waals surface area (Å²) < 4.78 is 68.0. The molecule has 2 aromatic carbocycles. The van der Waals surface area contributed by atoms with Crippen LogP contribution in [0.5, 0.6) is 5.75 Å². The van der Waals surface area contributed by atoms with Crippen LogP contribution in [0.2, 0.25) is 0 Å². The lowest BCUT2D eigenvalue weighted by molar-refractivity contribution is -0.0152. The van der Waals surface area contributed by atoms with Crippen LogP contribution in [0.15, 0.2) is 83.9 Å². The molecule has 3 N–H and O–H groups in total. The number of nitrogens with zero attached hydrogens (tertiary/aromatic N) is 3. The van der Waals surface area contributed by atoms with Crippen LogP contribution < -0.4 is 14.4 Å². The fourth-order valence-corrected chi connectivity index (χ4v) is 6.47. The molecule has 256 valence electrons. The summed E-state index contributed by atoms with van der Waals surface area (Å²) in [6.07, 6.45) is -0.369. The summed E-state index contributed by atoms with van der Waals surface area (Å²) in [4.78, 5) is 10.7. The number of aliphatic hydroxyl groups is 2. The minimum Gasteiger partial charge on any atom is -0.493 e. The molecule has 0 amide bonds. The van der Waals surface area contributed by atoms with E-state index in [9.17, 15) is 18.6 Å². The number of pyridine rings is 2. The summed E-state index contributed by atoms with van der Waals surface area (Å²) in [5.74, 6) is -2.41. The average molecular weight is 681 g/mol. The lowest BCUT2D eigenvalue weighted by Gasteiger charge is -2.26. The first-order valence-electron chi connectivity index (χ1n) is 16.0. The Kier molecular flexibility index (Phi) is 10.7. The molecule has 9 nitrogen and oxygen atoms in total. The average Bonchev–Trinajstić information content (AvgIpc) is 3.06. The van der Waals surface area contributed by atoms with E-state index in [-0.39, 0.29) is 51.9 Å². The molecule has 3 heterocycles. The van der Waals surface area contributed by atoms with Gasteiger partial charge in [-0.1, -0.05) is 69.7 Å². The highest BCUT2D eigenvalue weighted by Gasteiger charge is 2.34. The Morgan fingerprint density at radius 2 is 1.73 bits per heavy atom. The number of aromatic nitrogens is 2. The number of β-amino-alcohol motifs (C(OH)–C–C–N with tert-alkyl or cyclic N) is 1. The van der Waals surface area contributed by atoms with E-state index in [1.54, 1.807) is 35.2 Å². The van der Waals surface area contributed by atoms with Crippen LogP contribution in [0.4, 0.5) is 20.4 Å². The highest BCUT2D eigenvalue weighted by Crippen LogP contribution is 2.43. The van der Waals surface area contributed by atoms with Gasteiger partial charge in [0.25, 0.3) is 15.9 Å². The Bertz CT molecular complexity index is 1830. The number of fused-ring (bicyclic) bond motifs is 6. The lowest BCUT2D eigenvalue weighted by atomic mass is 9.91. The summed E-state index contributed by atoms with van der Waals surface area (Å²) in [6, 6.07) is 21.1. The predicted molar refractivity (Wildman–Crippen MR) is 183 cm³/mol. The van der Waals surface area contributed by atoms with E-state index in [0.29, 0.717) is 42.9 Å². The fourth-order valence-electron chi connectivity index (χ4n) is 5.51. The van der Waals surface area contributed by atoms with Crippen molar-refractivity contribution in [2.75, 3.05) is 35.9 Å². The van der Waals surface area contributed by atoms with Crippen LogP contribution in [0.25, 0.3) is 22.4 Å². The van der Waals surface area contributed by atoms with Gasteiger partial charge in [-0.25, -0.2) is 18.7 Å². The van der Waals surface area contributed by atoms with Crippen molar-refractivity contribution in [1.29, 1.82) is 0 Å². The van der Waals surface area contributed by atoms with Gasteiger partial charge in [0.2, 0.25) is 0 Å². The molecule has 1 aliphatic heterocycles. The molecular formula is C36H42F2N4O5S. The first kappa shape index (κ1) is 35.2. The van der Waals surface area contributed by atoms with Crippen molar-refractivity contribution in [1.82, 2.24) is 9.97 Å². The van der Waals surface area contributed by atoms with Gasteiger partial charge in [0.05, 0.1) is 25.0 Å². The maximum Gasteiger partial charge on any atom is 0.280 e. The number of alkyl halides is 2. The highest BCUT2D eigenvalue weighted by molar-refractivity contribution is 7.92. The minimum atomic E-state index is -4.28. The Balaban J connectivity index is 1.64. The molecule has 0 spiro atoms. The highest BCUT2D eigenvalue weighted by atomic mass is 32.2. The minimum absolute atomic E-state index is 0.0151. The zero-order chi connectivity index (χ0) is 34.5. The predicted octanol–water partition coefficient (Wildman–Crippen LogP) is 6.86. The molecule has 2 aromatic heterocycles. The van der Waals surface area contributed by atoms with Crippen molar-refractivity contribution in [3.63, 3.8) is 0 Å². The number of hydrogen-bond acceptors (Lipinski definition) is 8. The maximum absolute atomic E-state index is 16.1. The standard InChI is InChI=1S/C36H42F2N4O5S/c1-35(2,3)24-47-27-12-9-11-25(21-27)28-17-18-31-39-34(28)29-13-5-6-14-30(29)36(37,38)19-7-4-8-20-42(22-26(44)23-43)32-15-10-16-33(40-32)48(45,46)41-31/h5-6,9-18,21,26,43-44H,4,7-8,19-20,22-24H2,1-3H3,(H,39,41). The summed E-state index contributed by atoms with van der Waals surface area (Å²) in [5, 5.41) is 19.3. The molecule has 0 aliphatic carbocycles. The molecule has 0 saturated carbocycles.